The number of hydrogen-bond donors (Lipinski definition) is 0. The molecule has 1 aromatic carbocycles. The van der Waals surface area contributed by atoms with E-state index in [-0.39, 0.29) is 13.5 Å². The van der Waals surface area contributed by atoms with Crippen molar-refractivity contribution in [3.8, 4) is 11.8 Å². The number of ether oxygens (including phenoxy) is 1. The third-order valence-corrected chi connectivity index (χ3v) is 4.23. The normalized spacial score (nSPS) is 26.1. The van der Waals surface area contributed by atoms with Crippen LogP contribution in [0.15, 0.2) is 18.2 Å². The average molecular weight is 280 g/mol. The van der Waals surface area contributed by atoms with Crippen LogP contribution in [-0.2, 0) is 0 Å². The summed E-state index contributed by atoms with van der Waals surface area (Å²) < 4.78 is 5.96. The predicted octanol–water partition coefficient (Wildman–Crippen LogP) is 5.05. The van der Waals surface area contributed by atoms with Gasteiger partial charge < -0.3 is 4.74 Å². The van der Waals surface area contributed by atoms with Gasteiger partial charge in [0.25, 0.3) is 0 Å². The van der Waals surface area contributed by atoms with Crippen molar-refractivity contribution in [3.63, 3.8) is 0 Å². The smallest absolute Gasteiger partial charge is 0.121 e. The summed E-state index contributed by atoms with van der Waals surface area (Å²) in [7, 11) is 0. The Balaban J connectivity index is 0.00000180. The highest BCUT2D eigenvalue weighted by Gasteiger charge is 2.25. The molecule has 0 bridgehead atoms. The van der Waals surface area contributed by atoms with E-state index in [1.165, 1.54) is 6.42 Å². The van der Waals surface area contributed by atoms with Crippen LogP contribution in [-0.4, -0.2) is 6.10 Å². The maximum Gasteiger partial charge on any atom is 0.121 e. The Kier molecular flexibility index (Phi) is 5.69. The van der Waals surface area contributed by atoms with Gasteiger partial charge in [-0.15, -0.1) is 0 Å². The molecule has 0 amide bonds. The van der Waals surface area contributed by atoms with Gasteiger partial charge in [-0.25, -0.2) is 0 Å². The maximum absolute atomic E-state index is 8.82. The summed E-state index contributed by atoms with van der Waals surface area (Å²) in [5.41, 5.74) is 0.495. The van der Waals surface area contributed by atoms with Crippen LogP contribution in [0, 0.1) is 23.2 Å². The van der Waals surface area contributed by atoms with Crippen molar-refractivity contribution >= 4 is 11.6 Å². The van der Waals surface area contributed by atoms with E-state index in [0.717, 1.165) is 24.5 Å². The fourth-order valence-electron chi connectivity index (χ4n) is 2.46. The first-order valence-electron chi connectivity index (χ1n) is 6.46. The minimum Gasteiger partial charge on any atom is -0.490 e. The van der Waals surface area contributed by atoms with Gasteiger partial charge in [0.1, 0.15) is 11.8 Å². The molecule has 19 heavy (non-hydrogen) atoms. The van der Waals surface area contributed by atoms with Crippen LogP contribution in [0.25, 0.3) is 0 Å². The van der Waals surface area contributed by atoms with Gasteiger partial charge in [0, 0.05) is 6.07 Å². The quantitative estimate of drug-likeness (QED) is 0.759. The van der Waals surface area contributed by atoms with E-state index in [1.54, 1.807) is 12.1 Å². The van der Waals surface area contributed by atoms with Crippen LogP contribution in [0.1, 0.15) is 46.1 Å². The molecule has 1 saturated carbocycles. The van der Waals surface area contributed by atoms with E-state index in [1.807, 2.05) is 6.07 Å². The second-order valence-corrected chi connectivity index (χ2v) is 5.67. The molecule has 0 saturated heterocycles. The molecule has 3 unspecified atom stereocenters. The lowest BCUT2D eigenvalue weighted by molar-refractivity contribution is 0.101. The maximum atomic E-state index is 8.82. The lowest BCUT2D eigenvalue weighted by Gasteiger charge is -2.32. The molecule has 0 aliphatic heterocycles. The van der Waals surface area contributed by atoms with Crippen molar-refractivity contribution in [1.29, 1.82) is 5.26 Å². The summed E-state index contributed by atoms with van der Waals surface area (Å²) in [4.78, 5) is 0. The molecule has 0 heterocycles. The van der Waals surface area contributed by atoms with Crippen LogP contribution >= 0.6 is 11.6 Å². The number of hydrogen-bond acceptors (Lipinski definition) is 2. The molecule has 0 N–H and O–H groups in total. The molecule has 1 fully saturated rings. The Morgan fingerprint density at radius 2 is 2.00 bits per heavy atom. The van der Waals surface area contributed by atoms with Gasteiger partial charge in [-0.1, -0.05) is 32.9 Å². The second-order valence-electron chi connectivity index (χ2n) is 5.26. The molecule has 2 nitrogen and oxygen atoms in total. The van der Waals surface area contributed by atoms with Gasteiger partial charge in [0.2, 0.25) is 0 Å². The molecule has 3 heteroatoms. The Morgan fingerprint density at radius 3 is 2.58 bits per heavy atom. The standard InChI is InChI=1S/C15H18ClNO.CH4/c1-10-3-5-13(7-11(10)2)18-14-6-4-12(9-17)15(16)8-14;/h4,6,8,10-11,13H,3,5,7H2,1-2H3;1H4. The first-order valence-corrected chi connectivity index (χ1v) is 6.84. The van der Waals surface area contributed by atoms with Crippen LogP contribution in [0.4, 0.5) is 0 Å². The molecular weight excluding hydrogens is 258 g/mol. The van der Waals surface area contributed by atoms with E-state index < -0.39 is 0 Å². The minimum absolute atomic E-state index is 0. The highest BCUT2D eigenvalue weighted by molar-refractivity contribution is 6.31. The SMILES string of the molecule is C.CC1CCC(Oc2ccc(C#N)c(Cl)c2)CC1C. The summed E-state index contributed by atoms with van der Waals surface area (Å²) in [5, 5.41) is 9.28. The monoisotopic (exact) mass is 279 g/mol. The topological polar surface area (TPSA) is 33.0 Å². The Bertz CT molecular complexity index is 466. The molecule has 1 aromatic rings. The van der Waals surface area contributed by atoms with E-state index in [9.17, 15) is 0 Å². The number of nitriles is 1. The van der Waals surface area contributed by atoms with Crippen molar-refractivity contribution in [2.75, 3.05) is 0 Å². The van der Waals surface area contributed by atoms with Gasteiger partial charge in [-0.3, -0.25) is 0 Å². The van der Waals surface area contributed by atoms with Gasteiger partial charge >= 0.3 is 0 Å². The summed E-state index contributed by atoms with van der Waals surface area (Å²) in [5.74, 6) is 2.26. The highest BCUT2D eigenvalue weighted by Crippen LogP contribution is 2.32. The van der Waals surface area contributed by atoms with E-state index >= 15 is 0 Å². The lowest BCUT2D eigenvalue weighted by atomic mass is 9.80. The summed E-state index contributed by atoms with van der Waals surface area (Å²) in [6.07, 6.45) is 3.69. The molecule has 0 aromatic heterocycles. The second kappa shape index (κ2) is 6.82. The van der Waals surface area contributed by atoms with E-state index in [4.69, 9.17) is 21.6 Å². The summed E-state index contributed by atoms with van der Waals surface area (Å²) >= 11 is 6.00. The van der Waals surface area contributed by atoms with E-state index in [0.29, 0.717) is 16.5 Å². The third kappa shape index (κ3) is 3.88. The largest absolute Gasteiger partial charge is 0.490 e. The first-order chi connectivity index (χ1) is 8.60. The summed E-state index contributed by atoms with van der Waals surface area (Å²) in [6, 6.07) is 7.33. The van der Waals surface area contributed by atoms with Crippen LogP contribution in [0.2, 0.25) is 5.02 Å². The zero-order valence-corrected chi connectivity index (χ0v) is 11.6. The number of rotatable bonds is 2. The van der Waals surface area contributed by atoms with Crippen molar-refractivity contribution in [1.82, 2.24) is 0 Å². The van der Waals surface area contributed by atoms with Gasteiger partial charge in [0.15, 0.2) is 0 Å². The van der Waals surface area contributed by atoms with Crippen LogP contribution in [0.5, 0.6) is 5.75 Å². The molecule has 2 rings (SSSR count). The summed E-state index contributed by atoms with van der Waals surface area (Å²) in [6.45, 7) is 4.59. The zero-order chi connectivity index (χ0) is 13.1. The van der Waals surface area contributed by atoms with Crippen LogP contribution in [0.3, 0.4) is 0 Å². The molecule has 0 spiro atoms. The fraction of sp³-hybridized carbons (Fsp3) is 0.562. The van der Waals surface area contributed by atoms with Gasteiger partial charge in [-0.2, -0.15) is 5.26 Å². The van der Waals surface area contributed by atoms with Crippen molar-refractivity contribution in [2.45, 2.75) is 46.6 Å². The molecule has 1 aliphatic carbocycles. The molecular formula is C16H22ClNO. The molecule has 104 valence electrons. The zero-order valence-electron chi connectivity index (χ0n) is 10.8. The average Bonchev–Trinajstić information content (AvgIpc) is 2.34. The Hall–Kier alpha value is -1.20. The van der Waals surface area contributed by atoms with Gasteiger partial charge in [-0.05, 0) is 43.2 Å². The van der Waals surface area contributed by atoms with Gasteiger partial charge in [0.05, 0.1) is 16.7 Å². The highest BCUT2D eigenvalue weighted by atomic mass is 35.5. The van der Waals surface area contributed by atoms with Crippen LogP contribution < -0.4 is 4.74 Å². The fourth-order valence-corrected chi connectivity index (χ4v) is 2.67. The minimum atomic E-state index is 0. The molecule has 0 radical (unpaired) electrons. The van der Waals surface area contributed by atoms with Crippen molar-refractivity contribution < 1.29 is 4.74 Å². The number of halogens is 1. The third-order valence-electron chi connectivity index (χ3n) is 3.91. The van der Waals surface area contributed by atoms with E-state index in [2.05, 4.69) is 19.9 Å². The molecule has 3 atom stereocenters. The first kappa shape index (κ1) is 15.9. The molecule has 1 aliphatic rings. The van der Waals surface area contributed by atoms with Crippen molar-refractivity contribution in [3.05, 3.63) is 28.8 Å². The Morgan fingerprint density at radius 1 is 1.26 bits per heavy atom. The van der Waals surface area contributed by atoms with Crippen molar-refractivity contribution in [2.24, 2.45) is 11.8 Å². The predicted molar refractivity (Wildman–Crippen MR) is 79.5 cm³/mol. The number of benzene rings is 1. The Labute approximate surface area is 121 Å². The lowest BCUT2D eigenvalue weighted by Crippen LogP contribution is -2.28. The number of nitrogens with zero attached hydrogens (tertiary/aromatic N) is 1.